The smallest absolute Gasteiger partial charge is 0.236 e. The van der Waals surface area contributed by atoms with Gasteiger partial charge in [-0.2, -0.15) is 0 Å². The maximum absolute atomic E-state index is 13.4. The Labute approximate surface area is 222 Å². The maximum Gasteiger partial charge on any atom is 0.236 e. The van der Waals surface area contributed by atoms with Crippen molar-refractivity contribution in [2.75, 3.05) is 13.1 Å². The zero-order valence-corrected chi connectivity index (χ0v) is 23.4. The third-order valence-corrected chi connectivity index (χ3v) is 12.3. The van der Waals surface area contributed by atoms with E-state index in [1.165, 1.54) is 43.3 Å². The van der Waals surface area contributed by atoms with Crippen LogP contribution in [-0.4, -0.2) is 53.5 Å². The summed E-state index contributed by atoms with van der Waals surface area (Å²) in [7, 11) is 0. The van der Waals surface area contributed by atoms with E-state index in [9.17, 15) is 9.59 Å². The van der Waals surface area contributed by atoms with Gasteiger partial charge in [-0.3, -0.25) is 9.59 Å². The predicted molar refractivity (Wildman–Crippen MR) is 144 cm³/mol. The van der Waals surface area contributed by atoms with Gasteiger partial charge in [0.2, 0.25) is 5.91 Å². The molecule has 0 unspecified atom stereocenters. The van der Waals surface area contributed by atoms with Crippen LogP contribution in [0.1, 0.15) is 91.9 Å². The fraction of sp³-hybridized carbons (Fsp3) is 0.812. The number of hydrogen-bond donors (Lipinski definition) is 1. The van der Waals surface area contributed by atoms with Crippen LogP contribution in [0.3, 0.4) is 0 Å². The molecule has 202 valence electrons. The van der Waals surface area contributed by atoms with Crippen LogP contribution in [0.25, 0.3) is 0 Å². The zero-order valence-electron chi connectivity index (χ0n) is 23.4. The van der Waals surface area contributed by atoms with Gasteiger partial charge >= 0.3 is 0 Å². The minimum absolute atomic E-state index is 0.149. The number of fused-ring (bicyclic) bond motifs is 6. The number of allylic oxidation sites excluding steroid dienone is 3. The minimum Gasteiger partial charge on any atom is -0.365 e. The summed E-state index contributed by atoms with van der Waals surface area (Å²) in [6.07, 6.45) is 13.2. The van der Waals surface area contributed by atoms with Gasteiger partial charge < -0.3 is 15.0 Å². The highest BCUT2D eigenvalue weighted by atomic mass is 16.5. The van der Waals surface area contributed by atoms with Crippen LogP contribution in [0.15, 0.2) is 22.8 Å². The Hall–Kier alpha value is -1.46. The first-order valence-corrected chi connectivity index (χ1v) is 15.4. The Kier molecular flexibility index (Phi) is 5.66. The van der Waals surface area contributed by atoms with Crippen molar-refractivity contribution in [1.29, 1.82) is 0 Å². The van der Waals surface area contributed by atoms with E-state index in [-0.39, 0.29) is 29.1 Å². The summed E-state index contributed by atoms with van der Waals surface area (Å²) in [6.45, 7) is 10.9. The standard InChI is InChI=1S/C32H46N2O3/c1-18-13-28-30(34(17-18)29(36)16-33-22-6-7-22)20(3)32(37-28)12-10-24-25-8-5-21-14-23(35)9-11-31(21,4)27(25)15-26(24)19(32)2/h14,18,20,22,24-25,27-28,30,33H,5-13,15-17H2,1-4H3/t18-,20+,24-,25-,27-,28+,30-,31-,32-/m0/s1. The first kappa shape index (κ1) is 24.6. The monoisotopic (exact) mass is 506 g/mol. The lowest BCUT2D eigenvalue weighted by atomic mass is 9.56. The van der Waals surface area contributed by atoms with Crippen LogP contribution >= 0.6 is 0 Å². The van der Waals surface area contributed by atoms with Gasteiger partial charge in [0.05, 0.1) is 24.3 Å². The van der Waals surface area contributed by atoms with Crippen molar-refractivity contribution in [3.63, 3.8) is 0 Å². The third kappa shape index (κ3) is 3.62. The van der Waals surface area contributed by atoms with Gasteiger partial charge in [-0.1, -0.05) is 31.9 Å². The molecule has 1 amide bonds. The molecule has 7 aliphatic rings. The summed E-state index contributed by atoms with van der Waals surface area (Å²) in [6, 6.07) is 0.745. The van der Waals surface area contributed by atoms with Crippen molar-refractivity contribution in [3.05, 3.63) is 22.8 Å². The van der Waals surface area contributed by atoms with Gasteiger partial charge in [0.25, 0.3) is 0 Å². The molecule has 2 saturated heterocycles. The molecule has 0 bridgehead atoms. The van der Waals surface area contributed by atoms with E-state index in [1.807, 2.05) is 6.08 Å². The Balaban J connectivity index is 1.19. The molecule has 0 radical (unpaired) electrons. The number of ether oxygens (including phenoxy) is 1. The van der Waals surface area contributed by atoms with Gasteiger partial charge in [0.1, 0.15) is 0 Å². The molecular formula is C32H46N2O3. The molecule has 5 heteroatoms. The number of ketones is 1. The van der Waals surface area contributed by atoms with Crippen LogP contribution in [0, 0.1) is 35.0 Å². The van der Waals surface area contributed by atoms with Crippen molar-refractivity contribution >= 4 is 11.7 Å². The largest absolute Gasteiger partial charge is 0.365 e. The van der Waals surface area contributed by atoms with Crippen LogP contribution in [-0.2, 0) is 14.3 Å². The SMILES string of the molecule is CC1=C2C[C@H]3[C@@H](CCC4=CC(=O)CC[C@@]43C)[C@@H]2CC[C@]12O[C@@H]1C[C@H](C)CN(C(=O)CNC3CC3)[C@H]1[C@H]2C. The maximum atomic E-state index is 13.4. The topological polar surface area (TPSA) is 58.6 Å². The summed E-state index contributed by atoms with van der Waals surface area (Å²) in [5.74, 6) is 3.51. The van der Waals surface area contributed by atoms with E-state index >= 15 is 0 Å². The first-order valence-electron chi connectivity index (χ1n) is 15.4. The molecule has 5 nitrogen and oxygen atoms in total. The second-order valence-corrected chi connectivity index (χ2v) is 14.2. The Morgan fingerprint density at radius 3 is 2.76 bits per heavy atom. The molecule has 9 atom stereocenters. The normalized spacial score (nSPS) is 46.9. The van der Waals surface area contributed by atoms with E-state index in [0.29, 0.717) is 42.0 Å². The van der Waals surface area contributed by atoms with Crippen LogP contribution < -0.4 is 5.32 Å². The van der Waals surface area contributed by atoms with Gasteiger partial charge in [0.15, 0.2) is 5.78 Å². The van der Waals surface area contributed by atoms with Crippen molar-refractivity contribution in [3.8, 4) is 0 Å². The van der Waals surface area contributed by atoms with E-state index in [0.717, 1.165) is 44.6 Å². The quantitative estimate of drug-likeness (QED) is 0.535. The fourth-order valence-corrected chi connectivity index (χ4v) is 10.1. The lowest BCUT2D eigenvalue weighted by molar-refractivity contribution is -0.138. The molecule has 0 aromatic carbocycles. The highest BCUT2D eigenvalue weighted by Gasteiger charge is 2.62. The van der Waals surface area contributed by atoms with E-state index < -0.39 is 0 Å². The molecule has 0 aromatic heterocycles. The highest BCUT2D eigenvalue weighted by molar-refractivity contribution is 5.91. The minimum atomic E-state index is -0.219. The summed E-state index contributed by atoms with van der Waals surface area (Å²) < 4.78 is 7.19. The molecular weight excluding hydrogens is 460 g/mol. The van der Waals surface area contributed by atoms with Gasteiger partial charge in [-0.25, -0.2) is 0 Å². The first-order chi connectivity index (χ1) is 17.7. The van der Waals surface area contributed by atoms with Crippen molar-refractivity contribution in [2.24, 2.45) is 35.0 Å². The average molecular weight is 507 g/mol. The van der Waals surface area contributed by atoms with Gasteiger partial charge in [-0.05, 0) is 105 Å². The second-order valence-electron chi connectivity index (χ2n) is 14.2. The third-order valence-electron chi connectivity index (χ3n) is 12.3. The second kappa shape index (κ2) is 8.52. The number of piperidine rings is 1. The van der Waals surface area contributed by atoms with Gasteiger partial charge in [0, 0.05) is 24.9 Å². The highest BCUT2D eigenvalue weighted by Crippen LogP contribution is 2.65. The molecule has 0 aromatic rings. The van der Waals surface area contributed by atoms with E-state index in [2.05, 4.69) is 37.9 Å². The number of carbonyl (C=O) groups excluding carboxylic acids is 2. The molecule has 37 heavy (non-hydrogen) atoms. The Morgan fingerprint density at radius 1 is 1.16 bits per heavy atom. The number of carbonyl (C=O) groups is 2. The zero-order chi connectivity index (χ0) is 25.7. The Morgan fingerprint density at radius 2 is 1.97 bits per heavy atom. The number of nitrogens with zero attached hydrogens (tertiary/aromatic N) is 1. The van der Waals surface area contributed by atoms with E-state index in [4.69, 9.17) is 4.74 Å². The fourth-order valence-electron chi connectivity index (χ4n) is 10.1. The van der Waals surface area contributed by atoms with Crippen molar-refractivity contribution in [1.82, 2.24) is 10.2 Å². The number of hydrogen-bond acceptors (Lipinski definition) is 4. The van der Waals surface area contributed by atoms with Crippen LogP contribution in [0.5, 0.6) is 0 Å². The Bertz CT molecular complexity index is 1070. The number of nitrogens with one attached hydrogen (secondary N) is 1. The predicted octanol–water partition coefficient (Wildman–Crippen LogP) is 5.20. The molecule has 2 aliphatic heterocycles. The van der Waals surface area contributed by atoms with Crippen LogP contribution in [0.2, 0.25) is 0 Å². The van der Waals surface area contributed by atoms with Crippen LogP contribution in [0.4, 0.5) is 0 Å². The summed E-state index contributed by atoms with van der Waals surface area (Å²) in [5, 5.41) is 3.46. The van der Waals surface area contributed by atoms with Crippen molar-refractivity contribution < 1.29 is 14.3 Å². The number of likely N-dealkylation sites (tertiary alicyclic amines) is 1. The lowest BCUT2D eigenvalue weighted by Crippen LogP contribution is -2.56. The lowest BCUT2D eigenvalue weighted by Gasteiger charge is -2.48. The van der Waals surface area contributed by atoms with Gasteiger partial charge in [-0.15, -0.1) is 0 Å². The summed E-state index contributed by atoms with van der Waals surface area (Å²) in [5.41, 5.74) is 4.61. The number of rotatable bonds is 3. The number of amides is 1. The average Bonchev–Trinajstić information content (AvgIpc) is 3.55. The summed E-state index contributed by atoms with van der Waals surface area (Å²) >= 11 is 0. The molecule has 3 saturated carbocycles. The van der Waals surface area contributed by atoms with Crippen molar-refractivity contribution in [2.45, 2.75) is 116 Å². The molecule has 7 rings (SSSR count). The van der Waals surface area contributed by atoms with E-state index in [1.54, 1.807) is 5.57 Å². The summed E-state index contributed by atoms with van der Waals surface area (Å²) in [4.78, 5) is 27.9. The molecule has 2 heterocycles. The molecule has 5 aliphatic carbocycles. The molecule has 5 fully saturated rings. The molecule has 1 spiro atoms. The molecule has 1 N–H and O–H groups in total.